The van der Waals surface area contributed by atoms with Crippen molar-refractivity contribution in [1.82, 2.24) is 0 Å². The standard InChI is InChI=1S/C8H10O2.HNO3/c9-5-7-2-1-3-8(4-7)6-10;2-1(3)4/h1-4,9-10H,5-6H2;(H,2,3,4). The van der Waals surface area contributed by atoms with E-state index in [-0.39, 0.29) is 13.2 Å². The number of rotatable bonds is 2. The fourth-order valence-corrected chi connectivity index (χ4v) is 0.826. The zero-order valence-corrected chi connectivity index (χ0v) is 7.33. The topological polar surface area (TPSA) is 104 Å². The van der Waals surface area contributed by atoms with Gasteiger partial charge in [-0.1, -0.05) is 24.3 Å². The zero-order valence-electron chi connectivity index (χ0n) is 7.33. The van der Waals surface area contributed by atoms with Crippen molar-refractivity contribution < 1.29 is 20.5 Å². The van der Waals surface area contributed by atoms with E-state index in [2.05, 4.69) is 0 Å². The van der Waals surface area contributed by atoms with Crippen LogP contribution in [-0.4, -0.2) is 20.5 Å². The molecular formula is C8H11NO5. The molecule has 1 aromatic carbocycles. The smallest absolute Gasteiger partial charge is 0.291 e. The summed E-state index contributed by atoms with van der Waals surface area (Å²) in [4.78, 5) is 8.36. The highest BCUT2D eigenvalue weighted by Crippen LogP contribution is 2.04. The SMILES string of the molecule is O=[N+]([O-])O.OCc1cccc(CO)c1. The van der Waals surface area contributed by atoms with Crippen LogP contribution in [0, 0.1) is 10.1 Å². The molecule has 1 aromatic rings. The van der Waals surface area contributed by atoms with E-state index >= 15 is 0 Å². The van der Waals surface area contributed by atoms with Crippen molar-refractivity contribution in [2.24, 2.45) is 0 Å². The molecule has 0 unspecified atom stereocenters. The molecule has 6 nitrogen and oxygen atoms in total. The fourth-order valence-electron chi connectivity index (χ4n) is 0.826. The van der Waals surface area contributed by atoms with E-state index in [1.807, 2.05) is 18.2 Å². The zero-order chi connectivity index (χ0) is 11.0. The molecule has 0 spiro atoms. The highest BCUT2D eigenvalue weighted by Gasteiger charge is 1.91. The molecule has 0 saturated carbocycles. The summed E-state index contributed by atoms with van der Waals surface area (Å²) >= 11 is 0. The third kappa shape index (κ3) is 5.92. The molecule has 0 fully saturated rings. The Morgan fingerprint density at radius 2 is 1.57 bits per heavy atom. The average molecular weight is 201 g/mol. The quantitative estimate of drug-likeness (QED) is 0.472. The molecule has 0 radical (unpaired) electrons. The Kier molecular flexibility index (Phi) is 6.01. The third-order valence-electron chi connectivity index (χ3n) is 1.36. The van der Waals surface area contributed by atoms with Gasteiger partial charge in [-0.2, -0.15) is 0 Å². The third-order valence-corrected chi connectivity index (χ3v) is 1.36. The second-order valence-corrected chi connectivity index (χ2v) is 2.37. The lowest BCUT2D eigenvalue weighted by Crippen LogP contribution is -1.86. The number of hydrogen-bond donors (Lipinski definition) is 3. The molecule has 0 heterocycles. The van der Waals surface area contributed by atoms with Gasteiger partial charge in [-0.05, 0) is 11.1 Å². The van der Waals surface area contributed by atoms with Gasteiger partial charge in [0.05, 0.1) is 13.2 Å². The van der Waals surface area contributed by atoms with Crippen LogP contribution in [0.15, 0.2) is 24.3 Å². The maximum atomic E-state index is 8.68. The van der Waals surface area contributed by atoms with Gasteiger partial charge in [0.25, 0.3) is 5.09 Å². The first-order chi connectivity index (χ1) is 6.60. The van der Waals surface area contributed by atoms with Crippen molar-refractivity contribution in [1.29, 1.82) is 0 Å². The summed E-state index contributed by atoms with van der Waals surface area (Å²) in [6.45, 7) is 0.0711. The predicted octanol–water partition coefficient (Wildman–Crippen LogP) is 0.324. The van der Waals surface area contributed by atoms with Gasteiger partial charge in [-0.15, -0.1) is 10.1 Å². The van der Waals surface area contributed by atoms with Crippen molar-refractivity contribution in [2.45, 2.75) is 13.2 Å². The van der Waals surface area contributed by atoms with Crippen molar-refractivity contribution in [3.05, 3.63) is 45.5 Å². The molecule has 0 amide bonds. The van der Waals surface area contributed by atoms with Crippen molar-refractivity contribution >= 4 is 0 Å². The second-order valence-electron chi connectivity index (χ2n) is 2.37. The molecule has 0 aliphatic rings. The summed E-state index contributed by atoms with van der Waals surface area (Å²) in [6, 6.07) is 7.23. The molecule has 0 aliphatic heterocycles. The van der Waals surface area contributed by atoms with Crippen LogP contribution in [0.2, 0.25) is 0 Å². The minimum absolute atomic E-state index is 0.0356. The van der Waals surface area contributed by atoms with E-state index in [4.69, 9.17) is 25.5 Å². The molecule has 0 aromatic heterocycles. The maximum absolute atomic E-state index is 8.68. The number of benzene rings is 1. The van der Waals surface area contributed by atoms with Crippen LogP contribution in [0.3, 0.4) is 0 Å². The van der Waals surface area contributed by atoms with Crippen LogP contribution < -0.4 is 0 Å². The Morgan fingerprint density at radius 1 is 1.21 bits per heavy atom. The summed E-state index contributed by atoms with van der Waals surface area (Å²) in [5, 5.41) is 31.0. The van der Waals surface area contributed by atoms with Gasteiger partial charge in [-0.3, -0.25) is 0 Å². The Balaban J connectivity index is 0.000000364. The van der Waals surface area contributed by atoms with E-state index in [9.17, 15) is 0 Å². The monoisotopic (exact) mass is 201 g/mol. The Hall–Kier alpha value is -1.66. The molecule has 0 saturated heterocycles. The lowest BCUT2D eigenvalue weighted by molar-refractivity contribution is -0.742. The summed E-state index contributed by atoms with van der Waals surface area (Å²) in [7, 11) is 0. The Morgan fingerprint density at radius 3 is 1.86 bits per heavy atom. The molecular weight excluding hydrogens is 190 g/mol. The van der Waals surface area contributed by atoms with E-state index in [1.54, 1.807) is 6.07 Å². The lowest BCUT2D eigenvalue weighted by Gasteiger charge is -1.97. The second kappa shape index (κ2) is 6.81. The average Bonchev–Trinajstić information content (AvgIpc) is 2.17. The van der Waals surface area contributed by atoms with Gasteiger partial charge in [0.2, 0.25) is 0 Å². The number of nitrogens with zero attached hydrogens (tertiary/aromatic N) is 1. The molecule has 1 rings (SSSR count). The van der Waals surface area contributed by atoms with Gasteiger partial charge >= 0.3 is 0 Å². The van der Waals surface area contributed by atoms with E-state index in [1.165, 1.54) is 0 Å². The van der Waals surface area contributed by atoms with Crippen molar-refractivity contribution in [3.8, 4) is 0 Å². The summed E-state index contributed by atoms with van der Waals surface area (Å²) < 4.78 is 0. The molecule has 0 aliphatic carbocycles. The fraction of sp³-hybridized carbons (Fsp3) is 0.250. The highest BCUT2D eigenvalue weighted by molar-refractivity contribution is 5.21. The summed E-state index contributed by atoms with van der Waals surface area (Å²) in [6.07, 6.45) is 0. The van der Waals surface area contributed by atoms with Gasteiger partial charge in [0.15, 0.2) is 0 Å². The largest absolute Gasteiger partial charge is 0.392 e. The number of hydrogen-bond acceptors (Lipinski definition) is 4. The highest BCUT2D eigenvalue weighted by atomic mass is 16.9. The molecule has 6 heteroatoms. The normalized spacial score (nSPS) is 8.71. The summed E-state index contributed by atoms with van der Waals surface area (Å²) in [5.41, 5.74) is 1.68. The van der Waals surface area contributed by atoms with Crippen LogP contribution in [0.4, 0.5) is 0 Å². The van der Waals surface area contributed by atoms with Crippen molar-refractivity contribution in [2.75, 3.05) is 0 Å². The maximum Gasteiger partial charge on any atom is 0.291 e. The van der Waals surface area contributed by atoms with E-state index in [0.717, 1.165) is 11.1 Å². The van der Waals surface area contributed by atoms with Gasteiger partial charge in [0.1, 0.15) is 0 Å². The van der Waals surface area contributed by atoms with Gasteiger partial charge < -0.3 is 15.4 Å². The first-order valence-electron chi connectivity index (χ1n) is 3.73. The van der Waals surface area contributed by atoms with E-state index in [0.29, 0.717) is 0 Å². The summed E-state index contributed by atoms with van der Waals surface area (Å²) in [5.74, 6) is 0. The molecule has 14 heavy (non-hydrogen) atoms. The van der Waals surface area contributed by atoms with E-state index < -0.39 is 5.09 Å². The number of aliphatic hydroxyl groups excluding tert-OH is 2. The Bertz CT molecular complexity index is 266. The minimum atomic E-state index is -1.50. The van der Waals surface area contributed by atoms with Gasteiger partial charge in [-0.25, -0.2) is 0 Å². The van der Waals surface area contributed by atoms with Crippen molar-refractivity contribution in [3.63, 3.8) is 0 Å². The first-order valence-corrected chi connectivity index (χ1v) is 3.73. The van der Waals surface area contributed by atoms with Gasteiger partial charge in [0, 0.05) is 0 Å². The van der Waals surface area contributed by atoms with Crippen LogP contribution in [0.25, 0.3) is 0 Å². The molecule has 3 N–H and O–H groups in total. The lowest BCUT2D eigenvalue weighted by atomic mass is 10.1. The Labute approximate surface area is 80.2 Å². The van der Waals surface area contributed by atoms with Crippen LogP contribution in [0.5, 0.6) is 0 Å². The van der Waals surface area contributed by atoms with Crippen LogP contribution in [-0.2, 0) is 13.2 Å². The minimum Gasteiger partial charge on any atom is -0.392 e. The first kappa shape index (κ1) is 12.3. The molecule has 0 atom stereocenters. The van der Waals surface area contributed by atoms with Crippen LogP contribution in [0.1, 0.15) is 11.1 Å². The molecule has 78 valence electrons. The van der Waals surface area contributed by atoms with Crippen LogP contribution >= 0.6 is 0 Å². The predicted molar refractivity (Wildman–Crippen MR) is 47.1 cm³/mol. The number of aliphatic hydroxyl groups is 2. The molecule has 0 bridgehead atoms.